The number of fused-ring (bicyclic) bond motifs is 1. The molecule has 0 bridgehead atoms. The van der Waals surface area contributed by atoms with Gasteiger partial charge in [0.15, 0.2) is 0 Å². The van der Waals surface area contributed by atoms with Gasteiger partial charge in [-0.15, -0.1) is 0 Å². The first-order valence-electron chi connectivity index (χ1n) is 5.85. The third-order valence-electron chi connectivity index (χ3n) is 3.33. The summed E-state index contributed by atoms with van der Waals surface area (Å²) in [6.07, 6.45) is 0.884. The van der Waals surface area contributed by atoms with Crippen LogP contribution in [-0.2, 0) is 16.5 Å². The minimum Gasteiger partial charge on any atom is -0.282 e. The topological polar surface area (TPSA) is 54.4 Å². The van der Waals surface area contributed by atoms with E-state index in [0.717, 1.165) is 28.7 Å². The van der Waals surface area contributed by atoms with Crippen molar-refractivity contribution in [3.8, 4) is 11.1 Å². The Balaban J connectivity index is 2.87. The van der Waals surface area contributed by atoms with Crippen molar-refractivity contribution in [2.45, 2.75) is 32.1 Å². The van der Waals surface area contributed by atoms with Crippen molar-refractivity contribution >= 4 is 10.1 Å². The van der Waals surface area contributed by atoms with Crippen LogP contribution in [-0.4, -0.2) is 13.0 Å². The second-order valence-electron chi connectivity index (χ2n) is 4.53. The van der Waals surface area contributed by atoms with Crippen LogP contribution >= 0.6 is 0 Å². The summed E-state index contributed by atoms with van der Waals surface area (Å²) in [6.45, 7) is 5.72. The SMILES string of the molecule is CCc1ccc(C)c2cc(S(=O)(=O)O)c(C)c-2c1. The highest BCUT2D eigenvalue weighted by Gasteiger charge is 2.21. The first-order chi connectivity index (χ1) is 8.34. The number of rotatable bonds is 2. The Hall–Kier alpha value is -1.39. The number of aryl methyl sites for hydroxylation is 2. The number of hydrogen-bond acceptors (Lipinski definition) is 2. The van der Waals surface area contributed by atoms with Gasteiger partial charge in [0.1, 0.15) is 0 Å². The van der Waals surface area contributed by atoms with Crippen molar-refractivity contribution in [2.24, 2.45) is 0 Å². The third kappa shape index (κ3) is 2.13. The predicted molar refractivity (Wildman–Crippen MR) is 71.7 cm³/mol. The summed E-state index contributed by atoms with van der Waals surface area (Å²) in [5.41, 5.74) is 4.52. The fourth-order valence-corrected chi connectivity index (χ4v) is 2.97. The molecule has 3 nitrogen and oxygen atoms in total. The maximum absolute atomic E-state index is 11.3. The van der Waals surface area contributed by atoms with Crippen molar-refractivity contribution in [3.05, 3.63) is 41.0 Å². The molecule has 1 N–H and O–H groups in total. The Labute approximate surface area is 108 Å². The largest absolute Gasteiger partial charge is 0.294 e. The molecular weight excluding hydrogens is 248 g/mol. The average molecular weight is 264 g/mol. The third-order valence-corrected chi connectivity index (χ3v) is 4.31. The fourth-order valence-electron chi connectivity index (χ4n) is 2.21. The zero-order valence-corrected chi connectivity index (χ0v) is 11.5. The van der Waals surface area contributed by atoms with Crippen molar-refractivity contribution in [1.82, 2.24) is 0 Å². The average Bonchev–Trinajstić information content (AvgIpc) is 2.51. The van der Waals surface area contributed by atoms with Gasteiger partial charge in [0, 0.05) is 0 Å². The summed E-state index contributed by atoms with van der Waals surface area (Å²) in [6, 6.07) is 7.57. The van der Waals surface area contributed by atoms with E-state index in [4.69, 9.17) is 0 Å². The van der Waals surface area contributed by atoms with E-state index in [0.29, 0.717) is 5.56 Å². The minimum absolute atomic E-state index is 0.00820. The molecule has 0 spiro atoms. The summed E-state index contributed by atoms with van der Waals surface area (Å²) >= 11 is 0. The van der Waals surface area contributed by atoms with Gasteiger partial charge in [-0.05, 0) is 54.2 Å². The minimum atomic E-state index is -4.15. The molecule has 2 rings (SSSR count). The van der Waals surface area contributed by atoms with Crippen LogP contribution in [0.4, 0.5) is 0 Å². The summed E-state index contributed by atoms with van der Waals surface area (Å²) in [5, 5.41) is 0. The molecule has 0 fully saturated rings. The highest BCUT2D eigenvalue weighted by molar-refractivity contribution is 7.86. The summed E-state index contributed by atoms with van der Waals surface area (Å²) in [7, 11) is -4.15. The zero-order chi connectivity index (χ0) is 13.5. The molecule has 0 aromatic heterocycles. The van der Waals surface area contributed by atoms with Gasteiger partial charge < -0.3 is 0 Å². The number of hydrogen-bond donors (Lipinski definition) is 1. The lowest BCUT2D eigenvalue weighted by Gasteiger charge is -1.99. The highest BCUT2D eigenvalue weighted by Crippen LogP contribution is 2.36. The quantitative estimate of drug-likeness (QED) is 0.847. The molecule has 0 saturated heterocycles. The Morgan fingerprint density at radius 3 is 2.33 bits per heavy atom. The van der Waals surface area contributed by atoms with Gasteiger partial charge in [-0.25, -0.2) is 0 Å². The smallest absolute Gasteiger partial charge is 0.282 e. The van der Waals surface area contributed by atoms with Crippen LogP contribution in [0.15, 0.2) is 29.2 Å². The fraction of sp³-hybridized carbons (Fsp3) is 0.286. The van der Waals surface area contributed by atoms with E-state index in [1.165, 1.54) is 0 Å². The lowest BCUT2D eigenvalue weighted by molar-refractivity contribution is 0.483. The molecule has 0 unspecified atom stereocenters. The second kappa shape index (κ2) is 4.37. The van der Waals surface area contributed by atoms with E-state index in [2.05, 4.69) is 6.92 Å². The van der Waals surface area contributed by atoms with E-state index in [1.54, 1.807) is 13.0 Å². The highest BCUT2D eigenvalue weighted by atomic mass is 32.2. The van der Waals surface area contributed by atoms with Crippen LogP contribution in [0, 0.1) is 13.8 Å². The van der Waals surface area contributed by atoms with Crippen molar-refractivity contribution in [1.29, 1.82) is 0 Å². The van der Waals surface area contributed by atoms with Gasteiger partial charge in [-0.3, -0.25) is 4.55 Å². The van der Waals surface area contributed by atoms with Gasteiger partial charge in [0.05, 0.1) is 4.90 Å². The molecule has 0 atom stereocenters. The normalized spacial score (nSPS) is 12.0. The molecule has 0 saturated carbocycles. The zero-order valence-electron chi connectivity index (χ0n) is 10.7. The molecule has 0 aromatic rings. The standard InChI is InChI=1S/C14H16O3S/c1-4-11-6-5-9(2)12-8-14(18(15,16)17)10(3)13(12)7-11/h5-8H,4H2,1-3H3,(H,15,16,17). The van der Waals surface area contributed by atoms with Crippen LogP contribution in [0.5, 0.6) is 0 Å². The summed E-state index contributed by atoms with van der Waals surface area (Å²) < 4.78 is 31.9. The van der Waals surface area contributed by atoms with Crippen LogP contribution in [0.2, 0.25) is 0 Å². The van der Waals surface area contributed by atoms with E-state index < -0.39 is 10.1 Å². The molecule has 0 aliphatic heterocycles. The van der Waals surface area contributed by atoms with Crippen molar-refractivity contribution < 1.29 is 13.0 Å². The van der Waals surface area contributed by atoms with E-state index in [1.807, 2.05) is 25.1 Å². The first kappa shape index (κ1) is 13.1. The lowest BCUT2D eigenvalue weighted by atomic mass is 10.1. The molecule has 4 heteroatoms. The Kier molecular flexibility index (Phi) is 3.17. The Morgan fingerprint density at radius 1 is 1.11 bits per heavy atom. The molecule has 2 aliphatic rings. The molecule has 2 aliphatic carbocycles. The van der Waals surface area contributed by atoms with E-state index >= 15 is 0 Å². The van der Waals surface area contributed by atoms with E-state index in [9.17, 15) is 13.0 Å². The van der Waals surface area contributed by atoms with Crippen LogP contribution in [0.1, 0.15) is 23.6 Å². The van der Waals surface area contributed by atoms with Gasteiger partial charge in [-0.2, -0.15) is 8.42 Å². The van der Waals surface area contributed by atoms with Crippen LogP contribution in [0.25, 0.3) is 11.1 Å². The van der Waals surface area contributed by atoms with Gasteiger partial charge in [-0.1, -0.05) is 25.1 Å². The molecule has 0 heterocycles. The van der Waals surface area contributed by atoms with Crippen molar-refractivity contribution in [3.63, 3.8) is 0 Å². The van der Waals surface area contributed by atoms with Crippen LogP contribution < -0.4 is 0 Å². The van der Waals surface area contributed by atoms with Crippen LogP contribution in [0.3, 0.4) is 0 Å². The van der Waals surface area contributed by atoms with E-state index in [-0.39, 0.29) is 4.90 Å². The predicted octanol–water partition coefficient (Wildman–Crippen LogP) is 3.22. The monoisotopic (exact) mass is 264 g/mol. The summed E-state index contributed by atoms with van der Waals surface area (Å²) in [4.78, 5) is 0.00820. The Bertz CT molecular complexity index is 672. The molecule has 18 heavy (non-hydrogen) atoms. The van der Waals surface area contributed by atoms with Gasteiger partial charge in [0.25, 0.3) is 10.1 Å². The van der Waals surface area contributed by atoms with Crippen molar-refractivity contribution in [2.75, 3.05) is 0 Å². The Morgan fingerprint density at radius 2 is 1.78 bits per heavy atom. The molecule has 96 valence electrons. The molecular formula is C14H16O3S. The first-order valence-corrected chi connectivity index (χ1v) is 7.29. The molecule has 0 amide bonds. The molecule has 0 aromatic carbocycles. The molecule has 0 radical (unpaired) electrons. The summed E-state index contributed by atoms with van der Waals surface area (Å²) in [5.74, 6) is 0. The lowest BCUT2D eigenvalue weighted by Crippen LogP contribution is -1.97. The van der Waals surface area contributed by atoms with Gasteiger partial charge in [0.2, 0.25) is 0 Å². The second-order valence-corrected chi connectivity index (χ2v) is 5.92. The van der Waals surface area contributed by atoms with Gasteiger partial charge >= 0.3 is 0 Å². The maximum Gasteiger partial charge on any atom is 0.294 e. The maximum atomic E-state index is 11.3.